The van der Waals surface area contributed by atoms with Crippen molar-refractivity contribution in [1.29, 1.82) is 0 Å². The molecule has 3 aromatic rings. The van der Waals surface area contributed by atoms with Crippen LogP contribution in [0.5, 0.6) is 0 Å². The Labute approximate surface area is 108 Å². The number of para-hydroxylation sites is 1. The Balaban J connectivity index is 1.90. The van der Waals surface area contributed by atoms with Gasteiger partial charge < -0.3 is 11.1 Å². The fourth-order valence-electron chi connectivity index (χ4n) is 1.80. The molecule has 3 rings (SSSR count). The molecule has 2 aromatic carbocycles. The zero-order valence-electron chi connectivity index (χ0n) is 9.92. The van der Waals surface area contributed by atoms with E-state index in [0.29, 0.717) is 28.0 Å². The Morgan fingerprint density at radius 3 is 2.68 bits per heavy atom. The third-order valence-electron chi connectivity index (χ3n) is 2.77. The van der Waals surface area contributed by atoms with Gasteiger partial charge in [-0.25, -0.2) is 0 Å². The van der Waals surface area contributed by atoms with Crippen molar-refractivity contribution in [1.82, 2.24) is 15.4 Å². The van der Waals surface area contributed by atoms with Crippen LogP contribution in [-0.4, -0.2) is 21.3 Å². The average Bonchev–Trinajstić information content (AvgIpc) is 2.89. The van der Waals surface area contributed by atoms with E-state index in [9.17, 15) is 4.79 Å². The van der Waals surface area contributed by atoms with Crippen LogP contribution in [0.15, 0.2) is 42.5 Å². The van der Waals surface area contributed by atoms with E-state index < -0.39 is 0 Å². The number of amides is 1. The van der Waals surface area contributed by atoms with Crippen LogP contribution in [0.4, 0.5) is 11.4 Å². The van der Waals surface area contributed by atoms with Gasteiger partial charge in [0.1, 0.15) is 11.0 Å². The molecule has 0 aliphatic heterocycles. The predicted molar refractivity (Wildman–Crippen MR) is 72.7 cm³/mol. The van der Waals surface area contributed by atoms with Gasteiger partial charge in [0, 0.05) is 11.3 Å². The fourth-order valence-corrected chi connectivity index (χ4v) is 1.80. The van der Waals surface area contributed by atoms with Gasteiger partial charge in [-0.15, -0.1) is 0 Å². The number of aromatic amines is 1. The van der Waals surface area contributed by atoms with Crippen molar-refractivity contribution < 1.29 is 4.79 Å². The smallest absolute Gasteiger partial charge is 0.255 e. The van der Waals surface area contributed by atoms with Crippen molar-refractivity contribution in [2.45, 2.75) is 0 Å². The van der Waals surface area contributed by atoms with Crippen LogP contribution >= 0.6 is 0 Å². The Bertz CT molecular complexity index is 732. The zero-order valence-corrected chi connectivity index (χ0v) is 9.92. The van der Waals surface area contributed by atoms with Gasteiger partial charge in [-0.2, -0.15) is 15.4 Å². The summed E-state index contributed by atoms with van der Waals surface area (Å²) in [5.41, 5.74) is 8.70. The number of carbonyl (C=O) groups excluding carboxylic acids is 1. The van der Waals surface area contributed by atoms with Crippen LogP contribution < -0.4 is 11.1 Å². The average molecular weight is 253 g/mol. The molecule has 0 saturated carbocycles. The fraction of sp³-hybridized carbons (Fsp3) is 0. The molecule has 0 atom stereocenters. The molecule has 0 aliphatic carbocycles. The summed E-state index contributed by atoms with van der Waals surface area (Å²) in [6, 6.07) is 12.1. The van der Waals surface area contributed by atoms with Crippen LogP contribution in [0, 0.1) is 0 Å². The summed E-state index contributed by atoms with van der Waals surface area (Å²) in [7, 11) is 0. The molecule has 0 aliphatic rings. The predicted octanol–water partition coefficient (Wildman–Crippen LogP) is 1.79. The summed E-state index contributed by atoms with van der Waals surface area (Å²) >= 11 is 0. The number of nitrogen functional groups attached to an aromatic ring is 1. The van der Waals surface area contributed by atoms with E-state index in [1.54, 1.807) is 30.3 Å². The Morgan fingerprint density at radius 2 is 1.89 bits per heavy atom. The summed E-state index contributed by atoms with van der Waals surface area (Å²) in [5, 5.41) is 13.3. The van der Waals surface area contributed by atoms with Gasteiger partial charge in [-0.05, 0) is 36.4 Å². The lowest BCUT2D eigenvalue weighted by Crippen LogP contribution is -2.12. The Kier molecular flexibility index (Phi) is 2.60. The van der Waals surface area contributed by atoms with Crippen LogP contribution in [0.25, 0.3) is 11.0 Å². The zero-order chi connectivity index (χ0) is 13.2. The highest BCUT2D eigenvalue weighted by Gasteiger charge is 2.09. The molecule has 0 fully saturated rings. The number of carbonyl (C=O) groups is 1. The van der Waals surface area contributed by atoms with E-state index in [1.165, 1.54) is 0 Å². The number of aromatic nitrogens is 3. The first kappa shape index (κ1) is 11.2. The van der Waals surface area contributed by atoms with Crippen LogP contribution in [0.2, 0.25) is 0 Å². The van der Waals surface area contributed by atoms with Gasteiger partial charge in [0.15, 0.2) is 0 Å². The van der Waals surface area contributed by atoms with E-state index in [-0.39, 0.29) is 5.91 Å². The molecular weight excluding hydrogens is 242 g/mol. The molecule has 0 radical (unpaired) electrons. The molecule has 94 valence electrons. The molecule has 0 unspecified atom stereocenters. The number of nitrogens with one attached hydrogen (secondary N) is 2. The number of hydrogen-bond donors (Lipinski definition) is 3. The molecule has 1 heterocycles. The van der Waals surface area contributed by atoms with Crippen LogP contribution in [-0.2, 0) is 0 Å². The van der Waals surface area contributed by atoms with Crippen molar-refractivity contribution in [3.63, 3.8) is 0 Å². The molecule has 1 amide bonds. The summed E-state index contributed by atoms with van der Waals surface area (Å²) in [6.45, 7) is 0. The maximum atomic E-state index is 12.1. The molecule has 19 heavy (non-hydrogen) atoms. The summed E-state index contributed by atoms with van der Waals surface area (Å²) in [6.07, 6.45) is 0. The molecule has 0 spiro atoms. The van der Waals surface area contributed by atoms with Gasteiger partial charge >= 0.3 is 0 Å². The molecular formula is C13H11N5O. The van der Waals surface area contributed by atoms with Crippen molar-refractivity contribution >= 4 is 28.3 Å². The normalized spacial score (nSPS) is 10.5. The second-order valence-corrected chi connectivity index (χ2v) is 4.07. The van der Waals surface area contributed by atoms with Gasteiger partial charge in [0.25, 0.3) is 5.91 Å². The number of nitrogens with two attached hydrogens (primary N) is 1. The molecule has 4 N–H and O–H groups in total. The van der Waals surface area contributed by atoms with E-state index in [4.69, 9.17) is 5.73 Å². The first-order chi connectivity index (χ1) is 9.24. The standard InChI is InChI=1S/C13H11N5O/c14-9-6-4-8(5-7-9)13(19)15-10-2-1-3-11-12(10)17-18-16-11/h1-7H,14H2,(H,15,19)(H,16,17,18). The van der Waals surface area contributed by atoms with Crippen molar-refractivity contribution in [3.8, 4) is 0 Å². The topological polar surface area (TPSA) is 96.7 Å². The molecule has 6 nitrogen and oxygen atoms in total. The second-order valence-electron chi connectivity index (χ2n) is 4.07. The molecule has 0 saturated heterocycles. The summed E-state index contributed by atoms with van der Waals surface area (Å²) in [5.74, 6) is -0.212. The SMILES string of the molecule is Nc1ccc(C(=O)Nc2cccc3n[nH]nc23)cc1. The highest BCUT2D eigenvalue weighted by molar-refractivity contribution is 6.07. The number of hydrogen-bond acceptors (Lipinski definition) is 4. The monoisotopic (exact) mass is 253 g/mol. The molecule has 1 aromatic heterocycles. The largest absolute Gasteiger partial charge is 0.399 e. The highest BCUT2D eigenvalue weighted by atomic mass is 16.1. The van der Waals surface area contributed by atoms with Crippen LogP contribution in [0.1, 0.15) is 10.4 Å². The van der Waals surface area contributed by atoms with Crippen molar-refractivity contribution in [2.24, 2.45) is 0 Å². The maximum absolute atomic E-state index is 12.1. The Hall–Kier alpha value is -2.89. The third kappa shape index (κ3) is 2.11. The minimum absolute atomic E-state index is 0.212. The van der Waals surface area contributed by atoms with Gasteiger partial charge in [0.05, 0.1) is 5.69 Å². The lowest BCUT2D eigenvalue weighted by molar-refractivity contribution is 0.102. The first-order valence-electron chi connectivity index (χ1n) is 5.70. The van der Waals surface area contributed by atoms with Gasteiger partial charge in [-0.1, -0.05) is 6.07 Å². The van der Waals surface area contributed by atoms with Gasteiger partial charge in [-0.3, -0.25) is 4.79 Å². The number of H-pyrrole nitrogens is 1. The van der Waals surface area contributed by atoms with Gasteiger partial charge in [0.2, 0.25) is 0 Å². The third-order valence-corrected chi connectivity index (χ3v) is 2.77. The lowest BCUT2D eigenvalue weighted by atomic mass is 10.2. The highest BCUT2D eigenvalue weighted by Crippen LogP contribution is 2.19. The summed E-state index contributed by atoms with van der Waals surface area (Å²) in [4.78, 5) is 12.1. The number of nitrogens with zero attached hydrogens (tertiary/aromatic N) is 2. The van der Waals surface area contributed by atoms with Crippen LogP contribution in [0.3, 0.4) is 0 Å². The second kappa shape index (κ2) is 4.41. The van der Waals surface area contributed by atoms with E-state index in [0.717, 1.165) is 0 Å². The van der Waals surface area contributed by atoms with Crippen molar-refractivity contribution in [2.75, 3.05) is 11.1 Å². The number of fused-ring (bicyclic) bond motifs is 1. The van der Waals surface area contributed by atoms with E-state index in [1.807, 2.05) is 12.1 Å². The maximum Gasteiger partial charge on any atom is 0.255 e. The number of benzene rings is 2. The molecule has 6 heteroatoms. The number of rotatable bonds is 2. The van der Waals surface area contributed by atoms with Crippen molar-refractivity contribution in [3.05, 3.63) is 48.0 Å². The Morgan fingerprint density at radius 1 is 1.11 bits per heavy atom. The molecule has 0 bridgehead atoms. The minimum atomic E-state index is -0.212. The minimum Gasteiger partial charge on any atom is -0.399 e. The van der Waals surface area contributed by atoms with E-state index in [2.05, 4.69) is 20.7 Å². The quantitative estimate of drug-likeness (QED) is 0.606. The lowest BCUT2D eigenvalue weighted by Gasteiger charge is -2.05. The summed E-state index contributed by atoms with van der Waals surface area (Å²) < 4.78 is 0. The van der Waals surface area contributed by atoms with E-state index >= 15 is 0 Å². The number of anilines is 2. The first-order valence-corrected chi connectivity index (χ1v) is 5.70.